The molecule has 182 valence electrons. The van der Waals surface area contributed by atoms with Gasteiger partial charge < -0.3 is 16.0 Å². The number of allylic oxidation sites excluding steroid dienone is 1. The van der Waals surface area contributed by atoms with E-state index in [9.17, 15) is 0 Å². The number of aryl methyl sites for hydroxylation is 3. The van der Waals surface area contributed by atoms with E-state index in [-0.39, 0.29) is 0 Å². The van der Waals surface area contributed by atoms with Gasteiger partial charge in [-0.3, -0.25) is 0 Å². The van der Waals surface area contributed by atoms with Crippen molar-refractivity contribution in [1.29, 1.82) is 0 Å². The minimum atomic E-state index is 0.838. The third kappa shape index (κ3) is 9.85. The molecule has 0 aromatic heterocycles. The molecule has 3 N–H and O–H groups in total. The Hall–Kier alpha value is -3.03. The Morgan fingerprint density at radius 1 is 0.824 bits per heavy atom. The highest BCUT2D eigenvalue weighted by Crippen LogP contribution is 2.28. The molecule has 0 aliphatic heterocycles. The van der Waals surface area contributed by atoms with Crippen LogP contribution in [0.1, 0.15) is 43.0 Å². The molecule has 4 heteroatoms. The maximum Gasteiger partial charge on any atom is 0.0460 e. The van der Waals surface area contributed by atoms with Gasteiger partial charge in [0.2, 0.25) is 0 Å². The summed E-state index contributed by atoms with van der Waals surface area (Å²) in [5.41, 5.74) is 9.95. The van der Waals surface area contributed by atoms with Crippen LogP contribution in [0.3, 0.4) is 0 Å². The molecule has 0 saturated carbocycles. The van der Waals surface area contributed by atoms with Gasteiger partial charge in [-0.05, 0) is 69.3 Å². The van der Waals surface area contributed by atoms with Crippen molar-refractivity contribution in [2.24, 2.45) is 0 Å². The van der Waals surface area contributed by atoms with E-state index in [0.29, 0.717) is 0 Å². The molecule has 0 heterocycles. The molecule has 0 aliphatic carbocycles. The number of hydrogen-bond donors (Lipinski definition) is 3. The molecule has 1 atom stereocenters. The van der Waals surface area contributed by atoms with Crippen molar-refractivity contribution >= 4 is 31.2 Å². The van der Waals surface area contributed by atoms with Gasteiger partial charge in [-0.1, -0.05) is 73.8 Å². The average Bonchev–Trinajstić information content (AvgIpc) is 2.84. The lowest BCUT2D eigenvalue weighted by molar-refractivity contribution is 1.10. The van der Waals surface area contributed by atoms with E-state index in [1.807, 2.05) is 51.5 Å². The molecule has 3 nitrogen and oxygen atoms in total. The Kier molecular flexibility index (Phi) is 14.1. The first kappa shape index (κ1) is 29.0. The number of benzene rings is 3. The Bertz CT molecular complexity index is 1020. The van der Waals surface area contributed by atoms with E-state index in [0.717, 1.165) is 20.0 Å². The molecule has 34 heavy (non-hydrogen) atoms. The Morgan fingerprint density at radius 3 is 2.00 bits per heavy atom. The Balaban J connectivity index is 0.000000326. The first-order chi connectivity index (χ1) is 16.5. The summed E-state index contributed by atoms with van der Waals surface area (Å²) in [6, 6.07) is 23.1. The quantitative estimate of drug-likeness (QED) is 0.299. The summed E-state index contributed by atoms with van der Waals surface area (Å²) in [7, 11) is 2.72. The van der Waals surface area contributed by atoms with E-state index in [1.165, 1.54) is 33.5 Å². The molecule has 3 aromatic rings. The van der Waals surface area contributed by atoms with Crippen molar-refractivity contribution in [3.63, 3.8) is 0 Å². The lowest BCUT2D eigenvalue weighted by Crippen LogP contribution is -1.98. The van der Waals surface area contributed by atoms with E-state index in [4.69, 9.17) is 0 Å². The second-order valence-electron chi connectivity index (χ2n) is 7.69. The van der Waals surface area contributed by atoms with Crippen LogP contribution in [-0.4, -0.2) is 13.7 Å². The van der Waals surface area contributed by atoms with Crippen molar-refractivity contribution in [1.82, 2.24) is 5.32 Å². The molecule has 0 bridgehead atoms. The van der Waals surface area contributed by atoms with Crippen LogP contribution in [0.4, 0.5) is 17.1 Å². The van der Waals surface area contributed by atoms with Crippen molar-refractivity contribution < 1.29 is 0 Å². The summed E-state index contributed by atoms with van der Waals surface area (Å²) < 4.78 is 0. The van der Waals surface area contributed by atoms with Crippen molar-refractivity contribution in [3.8, 4) is 0 Å². The van der Waals surface area contributed by atoms with Crippen LogP contribution in [-0.2, 0) is 0 Å². The number of rotatable bonds is 7. The third-order valence-electron chi connectivity index (χ3n) is 4.92. The predicted octanol–water partition coefficient (Wildman–Crippen LogP) is 8.84. The highest BCUT2D eigenvalue weighted by atomic mass is 31.1. The molecule has 1 unspecified atom stereocenters. The van der Waals surface area contributed by atoms with Crippen molar-refractivity contribution in [2.45, 2.75) is 41.5 Å². The molecule has 0 amide bonds. The first-order valence-electron chi connectivity index (χ1n) is 11.9. The molecule has 0 radical (unpaired) electrons. The summed E-state index contributed by atoms with van der Waals surface area (Å²) in [5.74, 6) is 2.28. The van der Waals surface area contributed by atoms with Gasteiger partial charge in [0.05, 0.1) is 0 Å². The molecule has 0 saturated heterocycles. The standard InChI is InChI=1S/C16H18NP.C12H18N2.C2H6/c1-13(12-18-2)15-10-6-7-11-16(15)17-14-8-4-3-5-9-14;1-9-7-10(2)12(11(3)8-9)14-6-5-13-4;1-2/h3-12,17-18H,1-2H3;5-8,13-14H,1-4H3;1-2H3/b13-12+;6-5-;. The fourth-order valence-electron chi connectivity index (χ4n) is 3.52. The van der Waals surface area contributed by atoms with Crippen LogP contribution in [0, 0.1) is 20.8 Å². The highest BCUT2D eigenvalue weighted by Gasteiger charge is 2.03. The van der Waals surface area contributed by atoms with E-state index in [2.05, 4.69) is 105 Å². The fourth-order valence-corrected chi connectivity index (χ4v) is 4.11. The van der Waals surface area contributed by atoms with Gasteiger partial charge in [-0.15, -0.1) is 8.58 Å². The zero-order valence-corrected chi connectivity index (χ0v) is 23.1. The lowest BCUT2D eigenvalue weighted by Gasteiger charge is -2.12. The van der Waals surface area contributed by atoms with E-state index < -0.39 is 0 Å². The van der Waals surface area contributed by atoms with Crippen LogP contribution in [0.5, 0.6) is 0 Å². The zero-order chi connectivity index (χ0) is 25.3. The number of para-hydroxylation sites is 2. The predicted molar refractivity (Wildman–Crippen MR) is 158 cm³/mol. The van der Waals surface area contributed by atoms with Crippen molar-refractivity contribution in [2.75, 3.05) is 24.3 Å². The van der Waals surface area contributed by atoms with Gasteiger partial charge in [0.1, 0.15) is 0 Å². The van der Waals surface area contributed by atoms with Crippen LogP contribution in [0.25, 0.3) is 5.57 Å². The zero-order valence-electron chi connectivity index (χ0n) is 22.1. The smallest absolute Gasteiger partial charge is 0.0460 e. The third-order valence-corrected chi connectivity index (χ3v) is 5.64. The monoisotopic (exact) mass is 475 g/mol. The maximum absolute atomic E-state index is 3.47. The number of anilines is 3. The van der Waals surface area contributed by atoms with E-state index >= 15 is 0 Å². The molecular weight excluding hydrogens is 433 g/mol. The minimum Gasteiger partial charge on any atom is -0.393 e. The largest absolute Gasteiger partial charge is 0.393 e. The summed E-state index contributed by atoms with van der Waals surface area (Å²) >= 11 is 0. The normalized spacial score (nSPS) is 10.9. The summed E-state index contributed by atoms with van der Waals surface area (Å²) in [4.78, 5) is 0. The molecule has 0 fully saturated rings. The topological polar surface area (TPSA) is 36.1 Å². The maximum atomic E-state index is 3.47. The van der Waals surface area contributed by atoms with Crippen LogP contribution in [0.2, 0.25) is 0 Å². The van der Waals surface area contributed by atoms with Gasteiger partial charge in [0, 0.05) is 42.1 Å². The van der Waals surface area contributed by atoms with Crippen molar-refractivity contribution in [3.05, 3.63) is 107 Å². The van der Waals surface area contributed by atoms with Gasteiger partial charge in [-0.25, -0.2) is 0 Å². The fraction of sp³-hybridized carbons (Fsp3) is 0.267. The molecule has 3 aromatic carbocycles. The Morgan fingerprint density at radius 2 is 1.41 bits per heavy atom. The second kappa shape index (κ2) is 16.6. The lowest BCUT2D eigenvalue weighted by atomic mass is 10.1. The molecule has 0 spiro atoms. The van der Waals surface area contributed by atoms with Crippen LogP contribution >= 0.6 is 8.58 Å². The highest BCUT2D eigenvalue weighted by molar-refractivity contribution is 7.41. The molecule has 3 rings (SSSR count). The van der Waals surface area contributed by atoms with Gasteiger partial charge in [0.15, 0.2) is 0 Å². The summed E-state index contributed by atoms with van der Waals surface area (Å²) in [6.45, 7) is 14.7. The number of hydrogen-bond acceptors (Lipinski definition) is 3. The molecular formula is C30H42N3P. The van der Waals surface area contributed by atoms with Gasteiger partial charge in [-0.2, -0.15) is 0 Å². The van der Waals surface area contributed by atoms with Crippen LogP contribution < -0.4 is 16.0 Å². The SMILES string of the molecule is CC.CN/C=C\Nc1c(C)cc(C)cc1C.CP/C=C(\C)c1ccccc1Nc1ccccc1. The van der Waals surface area contributed by atoms with Gasteiger partial charge in [0.25, 0.3) is 0 Å². The second-order valence-corrected chi connectivity index (χ2v) is 8.56. The number of nitrogens with one attached hydrogen (secondary N) is 3. The first-order valence-corrected chi connectivity index (χ1v) is 13.5. The molecule has 0 aliphatic rings. The minimum absolute atomic E-state index is 0.838. The average molecular weight is 476 g/mol. The Labute approximate surface area is 209 Å². The summed E-state index contributed by atoms with van der Waals surface area (Å²) in [5, 5.41) is 9.69. The van der Waals surface area contributed by atoms with Gasteiger partial charge >= 0.3 is 0 Å². The van der Waals surface area contributed by atoms with Crippen LogP contribution in [0.15, 0.2) is 84.9 Å². The van der Waals surface area contributed by atoms with E-state index in [1.54, 1.807) is 0 Å². The summed E-state index contributed by atoms with van der Waals surface area (Å²) in [6.07, 6.45) is 3.78.